The molecule has 178 valence electrons. The summed E-state index contributed by atoms with van der Waals surface area (Å²) in [7, 11) is -3.54. The van der Waals surface area contributed by atoms with Gasteiger partial charge in [0.05, 0.1) is 16.6 Å². The molecule has 2 aromatic carbocycles. The van der Waals surface area contributed by atoms with Crippen LogP contribution in [0.25, 0.3) is 0 Å². The van der Waals surface area contributed by atoms with Crippen molar-refractivity contribution in [1.29, 1.82) is 0 Å². The van der Waals surface area contributed by atoms with E-state index in [1.807, 2.05) is 42.2 Å². The minimum absolute atomic E-state index is 0.133. The van der Waals surface area contributed by atoms with Crippen LogP contribution in [0, 0.1) is 12.8 Å². The van der Waals surface area contributed by atoms with E-state index in [9.17, 15) is 13.2 Å². The van der Waals surface area contributed by atoms with E-state index >= 15 is 0 Å². The highest BCUT2D eigenvalue weighted by Gasteiger charge is 2.52. The number of nitrogens with zero attached hydrogens (tertiary/aromatic N) is 2. The van der Waals surface area contributed by atoms with Crippen LogP contribution in [0.3, 0.4) is 0 Å². The zero-order valence-corrected chi connectivity index (χ0v) is 20.6. The maximum absolute atomic E-state index is 13.5. The number of carbonyl (C=O) groups excluding carboxylic acids is 1. The molecule has 0 aliphatic carbocycles. The summed E-state index contributed by atoms with van der Waals surface area (Å²) in [4.78, 5) is 15.8. The fourth-order valence-corrected chi connectivity index (χ4v) is 6.37. The third-order valence-corrected chi connectivity index (χ3v) is 9.12. The molecule has 2 aliphatic rings. The quantitative estimate of drug-likeness (QED) is 0.673. The Bertz CT molecular complexity index is 1060. The molecule has 2 atom stereocenters. The molecule has 2 saturated heterocycles. The highest BCUT2D eigenvalue weighted by molar-refractivity contribution is 7.89. The van der Waals surface area contributed by atoms with E-state index < -0.39 is 15.7 Å². The molecular weight excluding hydrogens is 434 g/mol. The molecule has 0 saturated carbocycles. The zero-order chi connectivity index (χ0) is 23.6. The molecular formula is C26H35N3O3S. The van der Waals surface area contributed by atoms with Gasteiger partial charge in [0.15, 0.2) is 0 Å². The Kier molecular flexibility index (Phi) is 6.93. The van der Waals surface area contributed by atoms with E-state index in [1.54, 1.807) is 16.4 Å². The molecule has 2 aliphatic heterocycles. The molecule has 33 heavy (non-hydrogen) atoms. The summed E-state index contributed by atoms with van der Waals surface area (Å²) in [5, 5.41) is 3.66. The summed E-state index contributed by atoms with van der Waals surface area (Å²) in [6.07, 6.45) is 2.82. The zero-order valence-electron chi connectivity index (χ0n) is 19.8. The van der Waals surface area contributed by atoms with Crippen molar-refractivity contribution in [3.63, 3.8) is 0 Å². The first kappa shape index (κ1) is 23.9. The molecule has 0 aromatic heterocycles. The predicted molar refractivity (Wildman–Crippen MR) is 130 cm³/mol. The molecule has 7 heteroatoms. The van der Waals surface area contributed by atoms with Crippen molar-refractivity contribution in [2.45, 2.75) is 63.1 Å². The molecule has 0 radical (unpaired) electrons. The van der Waals surface area contributed by atoms with Gasteiger partial charge in [-0.2, -0.15) is 4.31 Å². The fraction of sp³-hybridized carbons (Fsp3) is 0.500. The Labute approximate surface area is 198 Å². The van der Waals surface area contributed by atoms with Gasteiger partial charge in [-0.05, 0) is 49.8 Å². The van der Waals surface area contributed by atoms with Gasteiger partial charge in [0, 0.05) is 19.6 Å². The first-order valence-corrected chi connectivity index (χ1v) is 13.4. The van der Waals surface area contributed by atoms with Gasteiger partial charge in [-0.1, -0.05) is 68.3 Å². The van der Waals surface area contributed by atoms with Gasteiger partial charge in [0.25, 0.3) is 0 Å². The van der Waals surface area contributed by atoms with Crippen LogP contribution in [0.15, 0.2) is 59.5 Å². The molecule has 0 bridgehead atoms. The van der Waals surface area contributed by atoms with Crippen molar-refractivity contribution in [3.05, 3.63) is 65.7 Å². The van der Waals surface area contributed by atoms with Crippen LogP contribution in [0.4, 0.5) is 0 Å². The molecule has 4 rings (SSSR count). The number of piperidine rings is 1. The Morgan fingerprint density at radius 1 is 1.06 bits per heavy atom. The number of aryl methyl sites for hydroxylation is 1. The largest absolute Gasteiger partial charge is 0.323 e. The predicted octanol–water partition coefficient (Wildman–Crippen LogP) is 3.57. The number of rotatable bonds is 7. The Hall–Kier alpha value is -2.22. The third kappa shape index (κ3) is 4.86. The van der Waals surface area contributed by atoms with E-state index in [0.29, 0.717) is 49.7 Å². The van der Waals surface area contributed by atoms with Crippen LogP contribution in [0.5, 0.6) is 0 Å². The summed E-state index contributed by atoms with van der Waals surface area (Å²) < 4.78 is 28.0. The second-order valence-corrected chi connectivity index (χ2v) is 11.5. The second kappa shape index (κ2) is 9.57. The highest BCUT2D eigenvalue weighted by Crippen LogP contribution is 2.36. The Balaban J connectivity index is 1.53. The van der Waals surface area contributed by atoms with Crippen molar-refractivity contribution in [1.82, 2.24) is 14.5 Å². The molecule has 2 heterocycles. The lowest BCUT2D eigenvalue weighted by molar-refractivity contribution is -0.134. The Morgan fingerprint density at radius 2 is 1.70 bits per heavy atom. The summed E-state index contributed by atoms with van der Waals surface area (Å²) >= 11 is 0. The van der Waals surface area contributed by atoms with Crippen molar-refractivity contribution < 1.29 is 13.2 Å². The van der Waals surface area contributed by atoms with Crippen LogP contribution >= 0.6 is 0 Å². The van der Waals surface area contributed by atoms with Crippen LogP contribution in [0.1, 0.15) is 44.2 Å². The lowest BCUT2D eigenvalue weighted by Crippen LogP contribution is -2.60. The molecule has 1 amide bonds. The normalized spacial score (nSPS) is 22.1. The second-order valence-electron chi connectivity index (χ2n) is 9.60. The van der Waals surface area contributed by atoms with Gasteiger partial charge in [0.2, 0.25) is 15.9 Å². The van der Waals surface area contributed by atoms with E-state index in [2.05, 4.69) is 31.3 Å². The molecule has 2 fully saturated rings. The van der Waals surface area contributed by atoms with Gasteiger partial charge in [-0.25, -0.2) is 8.42 Å². The fourth-order valence-electron chi connectivity index (χ4n) is 4.93. The molecule has 6 nitrogen and oxygen atoms in total. The van der Waals surface area contributed by atoms with Crippen LogP contribution < -0.4 is 5.32 Å². The van der Waals surface area contributed by atoms with Gasteiger partial charge < -0.3 is 4.90 Å². The van der Waals surface area contributed by atoms with Crippen LogP contribution in [-0.4, -0.2) is 54.9 Å². The molecule has 1 spiro atoms. The summed E-state index contributed by atoms with van der Waals surface area (Å²) in [6.45, 7) is 7.74. The third-order valence-electron chi connectivity index (χ3n) is 7.21. The molecule has 1 N–H and O–H groups in total. The van der Waals surface area contributed by atoms with Gasteiger partial charge >= 0.3 is 0 Å². The molecule has 0 unspecified atom stereocenters. The minimum atomic E-state index is -3.54. The number of nitrogens with one attached hydrogen (secondary N) is 1. The summed E-state index contributed by atoms with van der Waals surface area (Å²) in [6, 6.07) is 16.8. The highest BCUT2D eigenvalue weighted by atomic mass is 32.2. The van der Waals surface area contributed by atoms with Crippen LogP contribution in [-0.2, 0) is 21.2 Å². The van der Waals surface area contributed by atoms with E-state index in [0.717, 1.165) is 17.5 Å². The number of carbonyl (C=O) groups is 1. The van der Waals surface area contributed by atoms with Gasteiger partial charge in [0.1, 0.15) is 0 Å². The van der Waals surface area contributed by atoms with E-state index in [1.165, 1.54) is 0 Å². The minimum Gasteiger partial charge on any atom is -0.323 e. The first-order chi connectivity index (χ1) is 15.7. The lowest BCUT2D eigenvalue weighted by Gasteiger charge is -2.45. The average molecular weight is 470 g/mol. The Morgan fingerprint density at radius 3 is 2.30 bits per heavy atom. The SMILES string of the molecule is CC[C@@H](C)CN1C(=O)[C@H](Cc2ccccc2)NC12CCN(S(=O)(=O)c1ccc(C)cc1)CC2. The van der Waals surface area contributed by atoms with Crippen molar-refractivity contribution in [2.24, 2.45) is 5.92 Å². The smallest absolute Gasteiger partial charge is 0.243 e. The van der Waals surface area contributed by atoms with Crippen LogP contribution in [0.2, 0.25) is 0 Å². The lowest BCUT2D eigenvalue weighted by atomic mass is 9.95. The average Bonchev–Trinajstić information content (AvgIpc) is 3.05. The standard InChI is InChI=1S/C26H35N3O3S/c1-4-20(2)19-29-25(30)24(18-22-8-6-5-7-9-22)27-26(29)14-16-28(17-15-26)33(31,32)23-12-10-21(3)11-13-23/h5-13,20,24,27H,4,14-19H2,1-3H3/t20-,24+/m1/s1. The van der Waals surface area contributed by atoms with E-state index in [-0.39, 0.29) is 11.9 Å². The monoisotopic (exact) mass is 469 g/mol. The van der Waals surface area contributed by atoms with Crippen molar-refractivity contribution in [3.8, 4) is 0 Å². The first-order valence-electron chi connectivity index (χ1n) is 11.9. The van der Waals surface area contributed by atoms with Crippen molar-refractivity contribution in [2.75, 3.05) is 19.6 Å². The van der Waals surface area contributed by atoms with Gasteiger partial charge in [-0.15, -0.1) is 0 Å². The topological polar surface area (TPSA) is 69.7 Å². The van der Waals surface area contributed by atoms with E-state index in [4.69, 9.17) is 0 Å². The number of hydrogen-bond donors (Lipinski definition) is 1. The maximum Gasteiger partial charge on any atom is 0.243 e. The molecule has 2 aromatic rings. The summed E-state index contributed by atoms with van der Waals surface area (Å²) in [5.74, 6) is 0.520. The number of benzene rings is 2. The number of hydrogen-bond acceptors (Lipinski definition) is 4. The van der Waals surface area contributed by atoms with Gasteiger partial charge in [-0.3, -0.25) is 10.1 Å². The number of amides is 1. The summed E-state index contributed by atoms with van der Waals surface area (Å²) in [5.41, 5.74) is 1.67. The van der Waals surface area contributed by atoms with Crippen molar-refractivity contribution >= 4 is 15.9 Å². The maximum atomic E-state index is 13.5. The number of sulfonamides is 1.